The van der Waals surface area contributed by atoms with E-state index < -0.39 is 6.04 Å². The van der Waals surface area contributed by atoms with Crippen molar-refractivity contribution in [3.63, 3.8) is 0 Å². The SMILES string of the molecule is CO[C@H]1C[C@H](C(=O)NC(C)c2ccc(Cl)s2)N(C(C)=O)C1. The molecular weight excluding hydrogens is 312 g/mol. The van der Waals surface area contributed by atoms with Crippen LogP contribution in [0.25, 0.3) is 0 Å². The second-order valence-corrected chi connectivity index (χ2v) is 6.90. The molecule has 0 radical (unpaired) electrons. The average Bonchev–Trinajstić information content (AvgIpc) is 3.04. The van der Waals surface area contributed by atoms with Gasteiger partial charge in [-0.3, -0.25) is 9.59 Å². The number of carbonyl (C=O) groups excluding carboxylic acids is 2. The zero-order valence-electron chi connectivity index (χ0n) is 12.3. The van der Waals surface area contributed by atoms with E-state index in [1.165, 1.54) is 18.3 Å². The molecule has 1 aromatic rings. The molecule has 1 aliphatic heterocycles. The quantitative estimate of drug-likeness (QED) is 0.921. The van der Waals surface area contributed by atoms with Gasteiger partial charge in [0, 0.05) is 31.9 Å². The summed E-state index contributed by atoms with van der Waals surface area (Å²) >= 11 is 7.35. The molecule has 1 aromatic heterocycles. The van der Waals surface area contributed by atoms with E-state index in [0.29, 0.717) is 17.3 Å². The van der Waals surface area contributed by atoms with Crippen molar-refractivity contribution in [2.45, 2.75) is 38.5 Å². The zero-order valence-corrected chi connectivity index (χ0v) is 13.8. The van der Waals surface area contributed by atoms with E-state index in [1.54, 1.807) is 12.0 Å². The predicted octanol–water partition coefficient (Wildman–Crippen LogP) is 2.21. The van der Waals surface area contributed by atoms with Crippen molar-refractivity contribution >= 4 is 34.8 Å². The molecule has 0 spiro atoms. The Kier molecular flexibility index (Phi) is 5.24. The molecule has 2 heterocycles. The van der Waals surface area contributed by atoms with Gasteiger partial charge in [0.2, 0.25) is 11.8 Å². The molecule has 116 valence electrons. The summed E-state index contributed by atoms with van der Waals surface area (Å²) in [5.74, 6) is -0.261. The Morgan fingerprint density at radius 3 is 2.76 bits per heavy atom. The fraction of sp³-hybridized carbons (Fsp3) is 0.571. The van der Waals surface area contributed by atoms with E-state index in [2.05, 4.69) is 5.32 Å². The molecule has 0 bridgehead atoms. The summed E-state index contributed by atoms with van der Waals surface area (Å²) in [6.45, 7) is 3.84. The van der Waals surface area contributed by atoms with E-state index >= 15 is 0 Å². The van der Waals surface area contributed by atoms with Crippen LogP contribution in [0.5, 0.6) is 0 Å². The first-order chi connectivity index (χ1) is 9.92. The minimum Gasteiger partial charge on any atom is -0.380 e. The number of amides is 2. The first-order valence-electron chi connectivity index (χ1n) is 6.78. The predicted molar refractivity (Wildman–Crippen MR) is 82.5 cm³/mol. The molecule has 1 saturated heterocycles. The third kappa shape index (κ3) is 3.75. The molecule has 0 aliphatic carbocycles. The van der Waals surface area contributed by atoms with Gasteiger partial charge in [0.25, 0.3) is 0 Å². The lowest BCUT2D eigenvalue weighted by Crippen LogP contribution is -2.45. The molecular formula is C14H19ClN2O3S. The van der Waals surface area contributed by atoms with Crippen molar-refractivity contribution in [1.82, 2.24) is 10.2 Å². The van der Waals surface area contributed by atoms with Crippen LogP contribution in [0.3, 0.4) is 0 Å². The van der Waals surface area contributed by atoms with Crippen LogP contribution in [0.2, 0.25) is 4.34 Å². The van der Waals surface area contributed by atoms with Gasteiger partial charge in [-0.05, 0) is 19.1 Å². The molecule has 0 saturated carbocycles. The largest absolute Gasteiger partial charge is 0.380 e. The summed E-state index contributed by atoms with van der Waals surface area (Å²) in [5.41, 5.74) is 0. The summed E-state index contributed by atoms with van der Waals surface area (Å²) in [7, 11) is 1.60. The Morgan fingerprint density at radius 2 is 2.24 bits per heavy atom. The van der Waals surface area contributed by atoms with Crippen LogP contribution in [0.4, 0.5) is 0 Å². The van der Waals surface area contributed by atoms with Crippen LogP contribution in [0.15, 0.2) is 12.1 Å². The molecule has 1 N–H and O–H groups in total. The van der Waals surface area contributed by atoms with Gasteiger partial charge < -0.3 is 15.0 Å². The first kappa shape index (κ1) is 16.3. The minimum atomic E-state index is -0.467. The number of likely N-dealkylation sites (tertiary alicyclic amines) is 1. The maximum atomic E-state index is 12.4. The number of ether oxygens (including phenoxy) is 1. The number of hydrogen-bond acceptors (Lipinski definition) is 4. The van der Waals surface area contributed by atoms with Crippen molar-refractivity contribution < 1.29 is 14.3 Å². The van der Waals surface area contributed by atoms with Crippen molar-refractivity contribution in [1.29, 1.82) is 0 Å². The monoisotopic (exact) mass is 330 g/mol. The average molecular weight is 331 g/mol. The second kappa shape index (κ2) is 6.77. The summed E-state index contributed by atoms with van der Waals surface area (Å²) < 4.78 is 5.97. The number of hydrogen-bond donors (Lipinski definition) is 1. The highest BCUT2D eigenvalue weighted by Gasteiger charge is 2.38. The van der Waals surface area contributed by atoms with Crippen molar-refractivity contribution in [2.24, 2.45) is 0 Å². The Balaban J connectivity index is 2.03. The second-order valence-electron chi connectivity index (χ2n) is 5.15. The number of nitrogens with one attached hydrogen (secondary N) is 1. The van der Waals surface area contributed by atoms with Gasteiger partial charge in [0.1, 0.15) is 6.04 Å². The fourth-order valence-electron chi connectivity index (χ4n) is 2.51. The molecule has 1 unspecified atom stereocenters. The Labute approximate surface area is 133 Å². The molecule has 3 atom stereocenters. The summed E-state index contributed by atoms with van der Waals surface area (Å²) in [5, 5.41) is 2.94. The number of methoxy groups -OCH3 is 1. The Bertz CT molecular complexity index is 534. The van der Waals surface area contributed by atoms with Crippen LogP contribution < -0.4 is 5.32 Å². The molecule has 1 fully saturated rings. The van der Waals surface area contributed by atoms with E-state index in [9.17, 15) is 9.59 Å². The van der Waals surface area contributed by atoms with Gasteiger partial charge in [-0.25, -0.2) is 0 Å². The molecule has 21 heavy (non-hydrogen) atoms. The normalized spacial score (nSPS) is 23.1. The lowest BCUT2D eigenvalue weighted by molar-refractivity contribution is -0.137. The number of rotatable bonds is 4. The highest BCUT2D eigenvalue weighted by atomic mass is 35.5. The van der Waals surface area contributed by atoms with Crippen molar-refractivity contribution in [3.05, 3.63) is 21.3 Å². The smallest absolute Gasteiger partial charge is 0.243 e. The van der Waals surface area contributed by atoms with E-state index in [0.717, 1.165) is 4.88 Å². The molecule has 1 aliphatic rings. The van der Waals surface area contributed by atoms with Gasteiger partial charge in [-0.15, -0.1) is 11.3 Å². The van der Waals surface area contributed by atoms with Crippen molar-refractivity contribution in [2.75, 3.05) is 13.7 Å². The number of nitrogens with zero attached hydrogens (tertiary/aromatic N) is 1. The van der Waals surface area contributed by atoms with Crippen LogP contribution in [0.1, 0.15) is 31.2 Å². The van der Waals surface area contributed by atoms with Gasteiger partial charge in [-0.2, -0.15) is 0 Å². The Morgan fingerprint density at radius 1 is 1.52 bits per heavy atom. The van der Waals surface area contributed by atoms with Gasteiger partial charge in [0.05, 0.1) is 16.5 Å². The lowest BCUT2D eigenvalue weighted by atomic mass is 10.1. The highest BCUT2D eigenvalue weighted by Crippen LogP contribution is 2.27. The number of halogens is 1. The van der Waals surface area contributed by atoms with Crippen LogP contribution in [-0.2, 0) is 14.3 Å². The molecule has 2 amide bonds. The molecule has 0 aromatic carbocycles. The lowest BCUT2D eigenvalue weighted by Gasteiger charge is -2.23. The summed E-state index contributed by atoms with van der Waals surface area (Å²) in [4.78, 5) is 26.6. The van der Waals surface area contributed by atoms with Crippen molar-refractivity contribution in [3.8, 4) is 0 Å². The minimum absolute atomic E-state index is 0.0869. The van der Waals surface area contributed by atoms with Crippen LogP contribution in [-0.4, -0.2) is 42.5 Å². The third-order valence-electron chi connectivity index (χ3n) is 3.68. The molecule has 5 nitrogen and oxygen atoms in total. The summed E-state index contributed by atoms with van der Waals surface area (Å²) in [6.07, 6.45) is 0.441. The van der Waals surface area contributed by atoms with Gasteiger partial charge >= 0.3 is 0 Å². The van der Waals surface area contributed by atoms with Gasteiger partial charge in [-0.1, -0.05) is 11.6 Å². The first-order valence-corrected chi connectivity index (χ1v) is 7.97. The Hall–Kier alpha value is -1.11. The highest BCUT2D eigenvalue weighted by molar-refractivity contribution is 7.16. The topological polar surface area (TPSA) is 58.6 Å². The third-order valence-corrected chi connectivity index (χ3v) is 5.10. The van der Waals surface area contributed by atoms with E-state index in [1.807, 2.05) is 19.1 Å². The summed E-state index contributed by atoms with van der Waals surface area (Å²) in [6, 6.07) is 3.10. The zero-order chi connectivity index (χ0) is 15.6. The van der Waals surface area contributed by atoms with Crippen LogP contribution in [0, 0.1) is 0 Å². The number of thiophene rings is 1. The molecule has 7 heteroatoms. The fourth-order valence-corrected chi connectivity index (χ4v) is 3.57. The number of carbonyl (C=O) groups is 2. The maximum absolute atomic E-state index is 12.4. The van der Waals surface area contributed by atoms with Crippen LogP contribution >= 0.6 is 22.9 Å². The molecule has 2 rings (SSSR count). The maximum Gasteiger partial charge on any atom is 0.243 e. The van der Waals surface area contributed by atoms with E-state index in [4.69, 9.17) is 16.3 Å². The standard InChI is InChI=1S/C14H19ClN2O3S/c1-8(12-4-5-13(15)21-12)16-14(19)11-6-10(20-3)7-17(11)9(2)18/h4-5,8,10-11H,6-7H2,1-3H3,(H,16,19)/t8?,10-,11+/m0/s1. The van der Waals surface area contributed by atoms with E-state index in [-0.39, 0.29) is 24.0 Å². The van der Waals surface area contributed by atoms with Gasteiger partial charge in [0.15, 0.2) is 0 Å².